The van der Waals surface area contributed by atoms with Gasteiger partial charge in [-0.1, -0.05) is 0 Å². The number of hydrogen-bond donors (Lipinski definition) is 0. The monoisotopic (exact) mass is 339 g/mol. The number of halogens is 3. The van der Waals surface area contributed by atoms with Crippen molar-refractivity contribution in [2.75, 3.05) is 11.4 Å². The van der Waals surface area contributed by atoms with Crippen LogP contribution in [0.3, 0.4) is 0 Å². The van der Waals surface area contributed by atoms with Crippen molar-refractivity contribution in [3.05, 3.63) is 35.9 Å². The maximum Gasteiger partial charge on any atom is 0.433 e. The Morgan fingerprint density at radius 3 is 2.88 bits per heavy atom. The molecule has 2 aromatic heterocycles. The van der Waals surface area contributed by atoms with Gasteiger partial charge in [-0.2, -0.15) is 18.3 Å². The molecule has 1 atom stereocenters. The van der Waals surface area contributed by atoms with Crippen molar-refractivity contribution >= 4 is 11.7 Å². The summed E-state index contributed by atoms with van der Waals surface area (Å²) < 4.78 is 40.0. The summed E-state index contributed by atoms with van der Waals surface area (Å²) in [7, 11) is 1.72. The molecule has 0 amide bonds. The van der Waals surface area contributed by atoms with Gasteiger partial charge in [0.25, 0.3) is 0 Å². The second-order valence-electron chi connectivity index (χ2n) is 5.76. The van der Waals surface area contributed by atoms with Crippen LogP contribution in [0.2, 0.25) is 0 Å². The van der Waals surface area contributed by atoms with Gasteiger partial charge in [0.2, 0.25) is 5.95 Å². The van der Waals surface area contributed by atoms with E-state index in [0.29, 0.717) is 18.5 Å². The summed E-state index contributed by atoms with van der Waals surface area (Å²) in [6.45, 7) is 0.534. The van der Waals surface area contributed by atoms with Gasteiger partial charge in [-0.15, -0.1) is 0 Å². The van der Waals surface area contributed by atoms with Gasteiger partial charge in [-0.3, -0.25) is 9.48 Å². The van der Waals surface area contributed by atoms with Crippen LogP contribution in [0.5, 0.6) is 0 Å². The predicted molar refractivity (Wildman–Crippen MR) is 79.6 cm³/mol. The van der Waals surface area contributed by atoms with Crippen LogP contribution >= 0.6 is 0 Å². The molecule has 9 heteroatoms. The summed E-state index contributed by atoms with van der Waals surface area (Å²) >= 11 is 0. The van der Waals surface area contributed by atoms with Gasteiger partial charge < -0.3 is 4.90 Å². The van der Waals surface area contributed by atoms with Gasteiger partial charge in [-0.05, 0) is 18.9 Å². The summed E-state index contributed by atoms with van der Waals surface area (Å²) in [5, 5.41) is 3.96. The fourth-order valence-corrected chi connectivity index (χ4v) is 2.85. The third kappa shape index (κ3) is 3.39. The highest BCUT2D eigenvalue weighted by molar-refractivity contribution is 5.96. The molecule has 1 saturated heterocycles. The highest BCUT2D eigenvalue weighted by Gasteiger charge is 2.35. The molecule has 0 saturated carbocycles. The lowest BCUT2D eigenvalue weighted by atomic mass is 10.0. The first-order valence-corrected chi connectivity index (χ1v) is 7.53. The third-order valence-electron chi connectivity index (χ3n) is 4.02. The zero-order valence-corrected chi connectivity index (χ0v) is 13.0. The molecule has 0 spiro atoms. The van der Waals surface area contributed by atoms with E-state index >= 15 is 0 Å². The topological polar surface area (TPSA) is 63.9 Å². The van der Waals surface area contributed by atoms with E-state index in [1.54, 1.807) is 18.1 Å². The Morgan fingerprint density at radius 1 is 1.42 bits per heavy atom. The van der Waals surface area contributed by atoms with Gasteiger partial charge in [0, 0.05) is 38.4 Å². The van der Waals surface area contributed by atoms with Gasteiger partial charge in [0.05, 0.1) is 11.8 Å². The molecular weight excluding hydrogens is 323 g/mol. The number of alkyl halides is 3. The molecule has 0 N–H and O–H groups in total. The number of nitrogens with zero attached hydrogens (tertiary/aromatic N) is 5. The number of aromatic nitrogens is 4. The van der Waals surface area contributed by atoms with E-state index in [2.05, 4.69) is 15.1 Å². The summed E-state index contributed by atoms with van der Waals surface area (Å²) in [5.74, 6) is -0.0710. The van der Waals surface area contributed by atoms with Crippen molar-refractivity contribution in [3.8, 4) is 0 Å². The molecule has 3 heterocycles. The molecule has 0 bridgehead atoms. The number of hydrogen-bond acceptors (Lipinski definition) is 5. The fourth-order valence-electron chi connectivity index (χ4n) is 2.85. The van der Waals surface area contributed by atoms with Gasteiger partial charge in [0.1, 0.15) is 5.69 Å². The second kappa shape index (κ2) is 6.21. The zero-order chi connectivity index (χ0) is 17.3. The predicted octanol–water partition coefficient (Wildman–Crippen LogP) is 2.47. The van der Waals surface area contributed by atoms with Crippen LogP contribution in [-0.4, -0.2) is 38.1 Å². The Hall–Kier alpha value is -2.45. The number of ketones is 1. The minimum Gasteiger partial charge on any atom is -0.337 e. The quantitative estimate of drug-likeness (QED) is 0.801. The first kappa shape index (κ1) is 16.4. The van der Waals surface area contributed by atoms with Gasteiger partial charge in [0.15, 0.2) is 5.78 Å². The standard InChI is InChI=1S/C15H16F3N5O/c1-22-9-10(8-20-22)12(24)7-11-3-2-6-23(11)14-19-5-4-13(21-14)15(16,17)18/h4-5,8-9,11H,2-3,6-7H2,1H3/t11-/m1/s1. The summed E-state index contributed by atoms with van der Waals surface area (Å²) in [5.41, 5.74) is -0.481. The first-order chi connectivity index (χ1) is 11.3. The van der Waals surface area contributed by atoms with Crippen molar-refractivity contribution in [2.45, 2.75) is 31.5 Å². The average molecular weight is 339 g/mol. The minimum absolute atomic E-state index is 0.0197. The van der Waals surface area contributed by atoms with Crippen molar-refractivity contribution in [1.82, 2.24) is 19.7 Å². The molecule has 1 aliphatic heterocycles. The van der Waals surface area contributed by atoms with E-state index in [1.165, 1.54) is 10.9 Å². The van der Waals surface area contributed by atoms with Crippen molar-refractivity contribution in [3.63, 3.8) is 0 Å². The van der Waals surface area contributed by atoms with E-state index in [0.717, 1.165) is 18.7 Å². The summed E-state index contributed by atoms with van der Waals surface area (Å²) in [6.07, 6.45) is 1.40. The van der Waals surface area contributed by atoms with Crippen LogP contribution in [0.1, 0.15) is 35.3 Å². The van der Waals surface area contributed by atoms with Crippen LogP contribution in [0.25, 0.3) is 0 Å². The van der Waals surface area contributed by atoms with Crippen LogP contribution < -0.4 is 4.90 Å². The second-order valence-corrected chi connectivity index (χ2v) is 5.76. The molecule has 6 nitrogen and oxygen atoms in total. The molecular formula is C15H16F3N5O. The highest BCUT2D eigenvalue weighted by atomic mass is 19.4. The number of carbonyl (C=O) groups is 1. The first-order valence-electron chi connectivity index (χ1n) is 7.53. The molecule has 1 fully saturated rings. The van der Waals surface area contributed by atoms with Crippen LogP contribution in [-0.2, 0) is 13.2 Å². The van der Waals surface area contributed by atoms with E-state index in [-0.39, 0.29) is 24.2 Å². The molecule has 0 aliphatic carbocycles. The number of anilines is 1. The van der Waals surface area contributed by atoms with Crippen LogP contribution in [0.15, 0.2) is 24.7 Å². The average Bonchev–Trinajstić information content (AvgIpc) is 3.15. The Labute approximate surface area is 136 Å². The van der Waals surface area contributed by atoms with E-state index < -0.39 is 11.9 Å². The lowest BCUT2D eigenvalue weighted by Gasteiger charge is -2.24. The Balaban J connectivity index is 1.77. The lowest BCUT2D eigenvalue weighted by molar-refractivity contribution is -0.141. The largest absolute Gasteiger partial charge is 0.433 e. The normalized spacial score (nSPS) is 18.2. The maximum atomic E-state index is 12.8. The smallest absolute Gasteiger partial charge is 0.337 e. The Kier molecular flexibility index (Phi) is 4.25. The molecule has 0 unspecified atom stereocenters. The molecule has 2 aromatic rings. The zero-order valence-electron chi connectivity index (χ0n) is 13.0. The Morgan fingerprint density at radius 2 is 2.21 bits per heavy atom. The summed E-state index contributed by atoms with van der Waals surface area (Å²) in [4.78, 5) is 21.6. The van der Waals surface area contributed by atoms with Crippen molar-refractivity contribution in [2.24, 2.45) is 7.05 Å². The van der Waals surface area contributed by atoms with Crippen molar-refractivity contribution < 1.29 is 18.0 Å². The Bertz CT molecular complexity index is 743. The van der Waals surface area contributed by atoms with Gasteiger partial charge >= 0.3 is 6.18 Å². The molecule has 3 rings (SSSR count). The highest BCUT2D eigenvalue weighted by Crippen LogP contribution is 2.30. The van der Waals surface area contributed by atoms with Crippen LogP contribution in [0.4, 0.5) is 19.1 Å². The fraction of sp³-hybridized carbons (Fsp3) is 0.467. The van der Waals surface area contributed by atoms with Crippen molar-refractivity contribution in [1.29, 1.82) is 0 Å². The van der Waals surface area contributed by atoms with E-state index in [1.807, 2.05) is 0 Å². The third-order valence-corrected chi connectivity index (χ3v) is 4.02. The van der Waals surface area contributed by atoms with Crippen LogP contribution in [0, 0.1) is 0 Å². The minimum atomic E-state index is -4.52. The SMILES string of the molecule is Cn1cc(C(=O)C[C@H]2CCCN2c2nccc(C(F)(F)F)n2)cn1. The lowest BCUT2D eigenvalue weighted by Crippen LogP contribution is -2.33. The molecule has 24 heavy (non-hydrogen) atoms. The maximum absolute atomic E-state index is 12.8. The summed E-state index contributed by atoms with van der Waals surface area (Å²) in [6, 6.07) is 0.635. The number of rotatable bonds is 4. The van der Waals surface area contributed by atoms with Gasteiger partial charge in [-0.25, -0.2) is 9.97 Å². The number of carbonyl (C=O) groups excluding carboxylic acids is 1. The molecule has 128 valence electrons. The molecule has 1 aliphatic rings. The van der Waals surface area contributed by atoms with E-state index in [9.17, 15) is 18.0 Å². The number of aryl methyl sites for hydroxylation is 1. The molecule has 0 aromatic carbocycles. The van der Waals surface area contributed by atoms with E-state index in [4.69, 9.17) is 0 Å². The molecule has 0 radical (unpaired) electrons. The number of Topliss-reactive ketones (excluding diaryl/α,β-unsaturated/α-hetero) is 1.